The second-order valence-electron chi connectivity index (χ2n) is 4.30. The number of aromatic carboxylic acids is 1. The van der Waals surface area contributed by atoms with E-state index < -0.39 is 5.97 Å². The van der Waals surface area contributed by atoms with Gasteiger partial charge in [0.1, 0.15) is 0 Å². The summed E-state index contributed by atoms with van der Waals surface area (Å²) in [5.74, 6) is -0.415. The number of amides is 2. The number of rotatable bonds is 6. The highest BCUT2D eigenvalue weighted by molar-refractivity contribution is 5.89. The van der Waals surface area contributed by atoms with Crippen LogP contribution < -0.4 is 10.6 Å². The molecule has 7 heteroatoms. The number of hydrogen-bond acceptors (Lipinski definition) is 4. The maximum absolute atomic E-state index is 11.5. The number of nitrogens with zero attached hydrogens (tertiary/aromatic N) is 1. The lowest BCUT2D eigenvalue weighted by Crippen LogP contribution is -2.36. The lowest BCUT2D eigenvalue weighted by atomic mass is 10.0. The molecule has 3 N–H and O–H groups in total. The average molecular weight is 289 g/mol. The minimum absolute atomic E-state index is 0.248. The third-order valence-corrected chi connectivity index (χ3v) is 2.84. The summed E-state index contributed by atoms with van der Waals surface area (Å²) in [6.45, 7) is 0.587. The smallest absolute Gasteiger partial charge is 0.335 e. The molecule has 0 saturated carbocycles. The molecule has 0 aliphatic heterocycles. The van der Waals surface area contributed by atoms with Crippen LogP contribution in [0.2, 0.25) is 0 Å². The van der Waals surface area contributed by atoms with E-state index in [2.05, 4.69) is 15.8 Å². The van der Waals surface area contributed by atoms with Crippen LogP contribution in [-0.4, -0.2) is 28.8 Å². The van der Waals surface area contributed by atoms with Crippen LogP contribution in [0.1, 0.15) is 21.7 Å². The Morgan fingerprint density at radius 1 is 1.19 bits per heavy atom. The number of carbonyl (C=O) groups excluding carboxylic acids is 1. The number of benzene rings is 1. The largest absolute Gasteiger partial charge is 0.478 e. The molecule has 0 spiro atoms. The first-order chi connectivity index (χ1) is 10.2. The van der Waals surface area contributed by atoms with Crippen molar-refractivity contribution in [3.05, 3.63) is 53.4 Å². The summed E-state index contributed by atoms with van der Waals surface area (Å²) in [4.78, 5) is 22.6. The molecule has 7 nitrogen and oxygen atoms in total. The summed E-state index contributed by atoms with van der Waals surface area (Å²) in [6, 6.07) is 8.03. The van der Waals surface area contributed by atoms with Crippen molar-refractivity contribution in [2.75, 3.05) is 6.54 Å². The molecule has 21 heavy (non-hydrogen) atoms. The fourth-order valence-corrected chi connectivity index (χ4v) is 1.82. The van der Waals surface area contributed by atoms with Gasteiger partial charge in [-0.05, 0) is 18.1 Å². The molecule has 1 aromatic carbocycles. The summed E-state index contributed by atoms with van der Waals surface area (Å²) in [5, 5.41) is 17.8. The lowest BCUT2D eigenvalue weighted by molar-refractivity contribution is 0.0695. The van der Waals surface area contributed by atoms with Crippen LogP contribution in [0.4, 0.5) is 4.79 Å². The maximum Gasteiger partial charge on any atom is 0.335 e. The monoisotopic (exact) mass is 289 g/mol. The first-order valence-electron chi connectivity index (χ1n) is 6.39. The highest BCUT2D eigenvalue weighted by Crippen LogP contribution is 2.08. The molecule has 2 aromatic rings. The van der Waals surface area contributed by atoms with Crippen molar-refractivity contribution < 1.29 is 19.2 Å². The van der Waals surface area contributed by atoms with E-state index in [0.29, 0.717) is 24.3 Å². The van der Waals surface area contributed by atoms with E-state index in [9.17, 15) is 9.59 Å². The highest BCUT2D eigenvalue weighted by atomic mass is 16.5. The molecule has 0 aliphatic carbocycles. The SMILES string of the molecule is O=C(NCCc1ccccc1C(=O)O)NCc1ccno1. The Bertz CT molecular complexity index is 610. The Labute approximate surface area is 120 Å². The number of aromatic nitrogens is 1. The second kappa shape index (κ2) is 7.09. The molecular weight excluding hydrogens is 274 g/mol. The van der Waals surface area contributed by atoms with Crippen molar-refractivity contribution in [3.63, 3.8) is 0 Å². The molecule has 0 atom stereocenters. The van der Waals surface area contributed by atoms with Gasteiger partial charge in [-0.1, -0.05) is 23.4 Å². The molecule has 0 saturated heterocycles. The minimum Gasteiger partial charge on any atom is -0.478 e. The molecule has 0 radical (unpaired) electrons. The van der Waals surface area contributed by atoms with E-state index in [1.165, 1.54) is 6.20 Å². The van der Waals surface area contributed by atoms with Crippen molar-refractivity contribution >= 4 is 12.0 Å². The molecule has 110 valence electrons. The Hall–Kier alpha value is -2.83. The van der Waals surface area contributed by atoms with Gasteiger partial charge in [-0.3, -0.25) is 0 Å². The standard InChI is InChI=1S/C14H15N3O4/c18-13(19)12-4-2-1-3-10(12)5-7-15-14(20)16-9-11-6-8-17-21-11/h1-4,6,8H,5,7,9H2,(H,18,19)(H2,15,16,20). The predicted octanol–water partition coefficient (Wildman–Crippen LogP) is 1.41. The van der Waals surface area contributed by atoms with Crippen LogP contribution in [0.25, 0.3) is 0 Å². The molecule has 2 rings (SSSR count). The van der Waals surface area contributed by atoms with E-state index in [4.69, 9.17) is 9.63 Å². The molecule has 1 aromatic heterocycles. The van der Waals surface area contributed by atoms with Gasteiger partial charge in [0, 0.05) is 12.6 Å². The third-order valence-electron chi connectivity index (χ3n) is 2.84. The van der Waals surface area contributed by atoms with Gasteiger partial charge >= 0.3 is 12.0 Å². The Morgan fingerprint density at radius 3 is 2.71 bits per heavy atom. The maximum atomic E-state index is 11.5. The van der Waals surface area contributed by atoms with Crippen LogP contribution in [0, 0.1) is 0 Å². The first-order valence-corrected chi connectivity index (χ1v) is 6.39. The predicted molar refractivity (Wildman–Crippen MR) is 73.8 cm³/mol. The van der Waals surface area contributed by atoms with Crippen molar-refractivity contribution in [2.45, 2.75) is 13.0 Å². The number of carbonyl (C=O) groups is 2. The highest BCUT2D eigenvalue weighted by Gasteiger charge is 2.09. The average Bonchev–Trinajstić information content (AvgIpc) is 2.99. The zero-order chi connectivity index (χ0) is 15.1. The zero-order valence-electron chi connectivity index (χ0n) is 11.2. The van der Waals surface area contributed by atoms with E-state index >= 15 is 0 Å². The fraction of sp³-hybridized carbons (Fsp3) is 0.214. The number of nitrogens with one attached hydrogen (secondary N) is 2. The second-order valence-corrected chi connectivity index (χ2v) is 4.30. The van der Waals surface area contributed by atoms with E-state index in [0.717, 1.165) is 0 Å². The molecular formula is C14H15N3O4. The van der Waals surface area contributed by atoms with Crippen LogP contribution >= 0.6 is 0 Å². The van der Waals surface area contributed by atoms with Gasteiger partial charge < -0.3 is 20.3 Å². The summed E-state index contributed by atoms with van der Waals surface area (Å²) >= 11 is 0. The Kier molecular flexibility index (Phi) is 4.92. The van der Waals surface area contributed by atoms with Gasteiger partial charge in [0.2, 0.25) is 0 Å². The van der Waals surface area contributed by atoms with Crippen LogP contribution in [0.3, 0.4) is 0 Å². The number of hydrogen-bond donors (Lipinski definition) is 3. The molecule has 0 unspecified atom stereocenters. The topological polar surface area (TPSA) is 104 Å². The van der Waals surface area contributed by atoms with Gasteiger partial charge in [-0.2, -0.15) is 0 Å². The Balaban J connectivity index is 1.76. The van der Waals surface area contributed by atoms with Crippen molar-refractivity contribution in [3.8, 4) is 0 Å². The number of carboxylic acid groups (broad SMARTS) is 1. The lowest BCUT2D eigenvalue weighted by Gasteiger charge is -2.08. The van der Waals surface area contributed by atoms with E-state index in [1.54, 1.807) is 30.3 Å². The van der Waals surface area contributed by atoms with Gasteiger partial charge in [0.15, 0.2) is 5.76 Å². The molecule has 0 aliphatic rings. The Morgan fingerprint density at radius 2 is 2.00 bits per heavy atom. The molecule has 0 bridgehead atoms. The van der Waals surface area contributed by atoms with Crippen LogP contribution in [0.15, 0.2) is 41.1 Å². The fourth-order valence-electron chi connectivity index (χ4n) is 1.82. The summed E-state index contributed by atoms with van der Waals surface area (Å²) in [7, 11) is 0. The first kappa shape index (κ1) is 14.6. The number of carboxylic acids is 1. The molecule has 2 amide bonds. The normalized spacial score (nSPS) is 10.1. The quantitative estimate of drug-likeness (QED) is 0.746. The molecule has 1 heterocycles. The zero-order valence-corrected chi connectivity index (χ0v) is 11.2. The third kappa shape index (κ3) is 4.34. The van der Waals surface area contributed by atoms with Crippen LogP contribution in [-0.2, 0) is 13.0 Å². The van der Waals surface area contributed by atoms with Gasteiger partial charge in [0.25, 0.3) is 0 Å². The van der Waals surface area contributed by atoms with Crippen molar-refractivity contribution in [2.24, 2.45) is 0 Å². The van der Waals surface area contributed by atoms with Crippen molar-refractivity contribution in [1.82, 2.24) is 15.8 Å². The van der Waals surface area contributed by atoms with Crippen LogP contribution in [0.5, 0.6) is 0 Å². The summed E-state index contributed by atoms with van der Waals surface area (Å²) in [5.41, 5.74) is 0.932. The number of urea groups is 1. The van der Waals surface area contributed by atoms with Gasteiger partial charge in [0.05, 0.1) is 18.3 Å². The van der Waals surface area contributed by atoms with Gasteiger partial charge in [-0.25, -0.2) is 9.59 Å². The van der Waals surface area contributed by atoms with E-state index in [-0.39, 0.29) is 18.1 Å². The van der Waals surface area contributed by atoms with Crippen molar-refractivity contribution in [1.29, 1.82) is 0 Å². The summed E-state index contributed by atoms with van der Waals surface area (Å²) in [6.07, 6.45) is 1.94. The van der Waals surface area contributed by atoms with E-state index in [1.807, 2.05) is 0 Å². The van der Waals surface area contributed by atoms with Gasteiger partial charge in [-0.15, -0.1) is 0 Å². The minimum atomic E-state index is -0.972. The molecule has 0 fully saturated rings. The summed E-state index contributed by atoms with van der Waals surface area (Å²) < 4.78 is 4.84.